The van der Waals surface area contributed by atoms with E-state index < -0.39 is 5.54 Å². The van der Waals surface area contributed by atoms with Gasteiger partial charge in [-0.15, -0.1) is 0 Å². The molecule has 0 saturated heterocycles. The fraction of sp³-hybridized carbons (Fsp3) is 0.571. The van der Waals surface area contributed by atoms with E-state index in [1.807, 2.05) is 25.5 Å². The van der Waals surface area contributed by atoms with Crippen LogP contribution in [-0.2, 0) is 4.79 Å². The van der Waals surface area contributed by atoms with Crippen LogP contribution in [0.1, 0.15) is 25.7 Å². The lowest BCUT2D eigenvalue weighted by molar-refractivity contribution is -0.123. The van der Waals surface area contributed by atoms with Crippen molar-refractivity contribution in [1.29, 1.82) is 5.26 Å². The summed E-state index contributed by atoms with van der Waals surface area (Å²) in [5.41, 5.74) is 0.444. The number of nitrogens with one attached hydrogen (secondary N) is 2. The van der Waals surface area contributed by atoms with E-state index in [-0.39, 0.29) is 11.8 Å². The Balaban J connectivity index is 1.98. The van der Waals surface area contributed by atoms with Crippen molar-refractivity contribution in [2.45, 2.75) is 31.2 Å². The molecule has 1 aromatic heterocycles. The van der Waals surface area contributed by atoms with Crippen LogP contribution in [0.4, 0.5) is 5.69 Å². The van der Waals surface area contributed by atoms with Gasteiger partial charge in [0.2, 0.25) is 5.91 Å². The van der Waals surface area contributed by atoms with E-state index in [1.54, 1.807) is 11.9 Å². The molecule has 0 radical (unpaired) electrons. The van der Waals surface area contributed by atoms with Crippen LogP contribution >= 0.6 is 0 Å². The van der Waals surface area contributed by atoms with Crippen molar-refractivity contribution in [3.05, 3.63) is 18.5 Å². The van der Waals surface area contributed by atoms with Crippen molar-refractivity contribution in [1.82, 2.24) is 10.3 Å². The van der Waals surface area contributed by atoms with Crippen LogP contribution in [0.25, 0.3) is 0 Å². The Morgan fingerprint density at radius 1 is 1.58 bits per heavy atom. The van der Waals surface area contributed by atoms with Crippen molar-refractivity contribution >= 4 is 11.6 Å². The van der Waals surface area contributed by atoms with Gasteiger partial charge in [-0.1, -0.05) is 0 Å². The number of hydrogen-bond acceptors (Lipinski definition) is 3. The second-order valence-corrected chi connectivity index (χ2v) is 5.18. The molecule has 1 aliphatic rings. The van der Waals surface area contributed by atoms with Gasteiger partial charge < -0.3 is 15.2 Å². The first-order valence-corrected chi connectivity index (χ1v) is 6.62. The standard InChI is InChI=1S/C14H20N4O/c1-16-14(10-15)6-3-11(4-7-14)13(19)18(2)12-5-8-17-9-12/h5,8-9,11,16-17H,3-4,6-7H2,1-2H3. The smallest absolute Gasteiger partial charge is 0.229 e. The van der Waals surface area contributed by atoms with E-state index in [2.05, 4.69) is 16.4 Å². The minimum absolute atomic E-state index is 0.0229. The van der Waals surface area contributed by atoms with Crippen LogP contribution in [0, 0.1) is 17.2 Å². The number of carbonyl (C=O) groups excluding carboxylic acids is 1. The summed E-state index contributed by atoms with van der Waals surface area (Å²) in [6, 6.07) is 4.23. The quantitative estimate of drug-likeness (QED) is 0.868. The molecule has 102 valence electrons. The van der Waals surface area contributed by atoms with Gasteiger partial charge in [0.25, 0.3) is 0 Å². The van der Waals surface area contributed by atoms with Gasteiger partial charge in [0.05, 0.1) is 11.8 Å². The molecule has 0 unspecified atom stereocenters. The van der Waals surface area contributed by atoms with Crippen LogP contribution in [0.5, 0.6) is 0 Å². The van der Waals surface area contributed by atoms with Crippen molar-refractivity contribution in [3.8, 4) is 6.07 Å². The Bertz CT molecular complexity index is 466. The number of nitriles is 1. The molecule has 0 bridgehead atoms. The number of amides is 1. The lowest BCUT2D eigenvalue weighted by Crippen LogP contribution is -2.47. The third kappa shape index (κ3) is 2.64. The maximum atomic E-state index is 12.4. The van der Waals surface area contributed by atoms with E-state index in [4.69, 9.17) is 0 Å². The fourth-order valence-electron chi connectivity index (χ4n) is 2.70. The van der Waals surface area contributed by atoms with Crippen molar-refractivity contribution in [2.75, 3.05) is 19.0 Å². The minimum Gasteiger partial charge on any atom is -0.366 e. The summed E-state index contributed by atoms with van der Waals surface area (Å²) in [4.78, 5) is 17.0. The number of anilines is 1. The van der Waals surface area contributed by atoms with E-state index >= 15 is 0 Å². The summed E-state index contributed by atoms with van der Waals surface area (Å²) < 4.78 is 0. The molecule has 1 heterocycles. The van der Waals surface area contributed by atoms with E-state index in [1.165, 1.54) is 0 Å². The van der Waals surface area contributed by atoms with Crippen LogP contribution in [0.3, 0.4) is 0 Å². The van der Waals surface area contributed by atoms with Crippen molar-refractivity contribution in [2.24, 2.45) is 5.92 Å². The number of aromatic nitrogens is 1. The van der Waals surface area contributed by atoms with Crippen LogP contribution < -0.4 is 10.2 Å². The Morgan fingerprint density at radius 3 is 2.74 bits per heavy atom. The second kappa shape index (κ2) is 5.45. The molecular formula is C14H20N4O. The van der Waals surface area contributed by atoms with Gasteiger partial charge in [-0.05, 0) is 38.8 Å². The number of aromatic amines is 1. The monoisotopic (exact) mass is 260 g/mol. The third-order valence-corrected chi connectivity index (χ3v) is 4.18. The molecule has 1 aliphatic carbocycles. The summed E-state index contributed by atoms with van der Waals surface area (Å²) >= 11 is 0. The summed E-state index contributed by atoms with van der Waals surface area (Å²) in [5.74, 6) is 0.164. The zero-order valence-electron chi connectivity index (χ0n) is 11.4. The average Bonchev–Trinajstić information content (AvgIpc) is 3.00. The summed E-state index contributed by atoms with van der Waals surface area (Å²) in [5, 5.41) is 12.3. The Morgan fingerprint density at radius 2 is 2.26 bits per heavy atom. The van der Waals surface area contributed by atoms with E-state index in [9.17, 15) is 10.1 Å². The Kier molecular flexibility index (Phi) is 3.91. The Labute approximate surface area is 113 Å². The molecule has 5 heteroatoms. The lowest BCUT2D eigenvalue weighted by atomic mass is 9.77. The zero-order valence-corrected chi connectivity index (χ0v) is 11.4. The first-order chi connectivity index (χ1) is 9.12. The predicted molar refractivity (Wildman–Crippen MR) is 73.6 cm³/mol. The first kappa shape index (κ1) is 13.6. The highest BCUT2D eigenvalue weighted by molar-refractivity contribution is 5.94. The molecule has 5 nitrogen and oxygen atoms in total. The highest BCUT2D eigenvalue weighted by atomic mass is 16.2. The molecule has 0 atom stereocenters. The summed E-state index contributed by atoms with van der Waals surface area (Å²) in [6.45, 7) is 0. The van der Waals surface area contributed by atoms with Crippen LogP contribution in [-0.4, -0.2) is 30.5 Å². The molecule has 1 fully saturated rings. The third-order valence-electron chi connectivity index (χ3n) is 4.18. The van der Waals surface area contributed by atoms with Crippen LogP contribution in [0.2, 0.25) is 0 Å². The number of carbonyl (C=O) groups is 1. The molecule has 1 amide bonds. The van der Waals surface area contributed by atoms with Crippen molar-refractivity contribution in [3.63, 3.8) is 0 Å². The molecule has 2 N–H and O–H groups in total. The minimum atomic E-state index is -0.441. The Hall–Kier alpha value is -1.80. The molecule has 19 heavy (non-hydrogen) atoms. The lowest BCUT2D eigenvalue weighted by Gasteiger charge is -2.35. The second-order valence-electron chi connectivity index (χ2n) is 5.18. The average molecular weight is 260 g/mol. The molecule has 1 aromatic rings. The molecule has 2 rings (SSSR count). The van der Waals surface area contributed by atoms with Gasteiger partial charge in [-0.25, -0.2) is 0 Å². The number of rotatable bonds is 3. The normalized spacial score (nSPS) is 26.7. The maximum absolute atomic E-state index is 12.4. The SMILES string of the molecule is CNC1(C#N)CCC(C(=O)N(C)c2cc[nH]c2)CC1. The van der Waals surface area contributed by atoms with Gasteiger partial charge in [-0.3, -0.25) is 4.79 Å². The highest BCUT2D eigenvalue weighted by Crippen LogP contribution is 2.33. The molecular weight excluding hydrogens is 240 g/mol. The zero-order chi connectivity index (χ0) is 13.9. The van der Waals surface area contributed by atoms with Crippen molar-refractivity contribution < 1.29 is 4.79 Å². The van der Waals surface area contributed by atoms with Crippen LogP contribution in [0.15, 0.2) is 18.5 Å². The highest BCUT2D eigenvalue weighted by Gasteiger charge is 2.37. The van der Waals surface area contributed by atoms with Gasteiger partial charge in [-0.2, -0.15) is 5.26 Å². The van der Waals surface area contributed by atoms with E-state index in [0.717, 1.165) is 31.4 Å². The fourth-order valence-corrected chi connectivity index (χ4v) is 2.70. The molecule has 0 aromatic carbocycles. The van der Waals surface area contributed by atoms with Gasteiger partial charge in [0.1, 0.15) is 5.54 Å². The summed E-state index contributed by atoms with van der Waals surface area (Å²) in [7, 11) is 3.62. The predicted octanol–water partition coefficient (Wildman–Crippen LogP) is 1.65. The first-order valence-electron chi connectivity index (χ1n) is 6.62. The van der Waals surface area contributed by atoms with Gasteiger partial charge in [0.15, 0.2) is 0 Å². The molecule has 0 spiro atoms. The van der Waals surface area contributed by atoms with Gasteiger partial charge >= 0.3 is 0 Å². The maximum Gasteiger partial charge on any atom is 0.229 e. The summed E-state index contributed by atoms with van der Waals surface area (Å²) in [6.07, 6.45) is 6.62. The number of H-pyrrole nitrogens is 1. The largest absolute Gasteiger partial charge is 0.366 e. The molecule has 1 saturated carbocycles. The van der Waals surface area contributed by atoms with E-state index in [0.29, 0.717) is 0 Å². The topological polar surface area (TPSA) is 71.9 Å². The number of hydrogen-bond donors (Lipinski definition) is 2. The number of nitrogens with zero attached hydrogens (tertiary/aromatic N) is 2. The van der Waals surface area contributed by atoms with Gasteiger partial charge in [0, 0.05) is 25.4 Å². The molecule has 0 aliphatic heterocycles.